The van der Waals surface area contributed by atoms with Gasteiger partial charge in [-0.2, -0.15) is 13.2 Å². The molecule has 21 heavy (non-hydrogen) atoms. The molecule has 0 saturated heterocycles. The van der Waals surface area contributed by atoms with Crippen molar-refractivity contribution in [2.24, 2.45) is 0 Å². The molecule has 0 radical (unpaired) electrons. The molecule has 5 nitrogen and oxygen atoms in total. The highest BCUT2D eigenvalue weighted by Gasteiger charge is 2.38. The van der Waals surface area contributed by atoms with Crippen molar-refractivity contribution in [3.8, 4) is 5.88 Å². The topological polar surface area (TPSA) is 71.5 Å². The van der Waals surface area contributed by atoms with Crippen molar-refractivity contribution in [2.45, 2.75) is 37.5 Å². The molecule has 8 heteroatoms. The first kappa shape index (κ1) is 15.6. The van der Waals surface area contributed by atoms with Crippen molar-refractivity contribution in [3.05, 3.63) is 18.3 Å². The Morgan fingerprint density at radius 3 is 2.57 bits per heavy atom. The number of pyridine rings is 1. The Kier molecular flexibility index (Phi) is 4.36. The number of carbonyl (C=O) groups excluding carboxylic acids is 1. The van der Waals surface area contributed by atoms with E-state index in [1.165, 1.54) is 18.3 Å². The van der Waals surface area contributed by atoms with Crippen LogP contribution in [-0.2, 0) is 4.79 Å². The number of halogens is 3. The molecule has 0 unspecified atom stereocenters. The average molecular weight is 304 g/mol. The second-order valence-corrected chi connectivity index (χ2v) is 4.98. The minimum absolute atomic E-state index is 0.190. The summed E-state index contributed by atoms with van der Waals surface area (Å²) in [6, 6.07) is 2.59. The van der Waals surface area contributed by atoms with Crippen LogP contribution in [0.25, 0.3) is 0 Å². The van der Waals surface area contributed by atoms with E-state index in [-0.39, 0.29) is 5.88 Å². The number of rotatable bonds is 4. The number of anilines is 1. The van der Waals surface area contributed by atoms with Crippen molar-refractivity contribution < 1.29 is 27.8 Å². The summed E-state index contributed by atoms with van der Waals surface area (Å²) in [4.78, 5) is 15.6. The van der Waals surface area contributed by atoms with Gasteiger partial charge >= 0.3 is 6.18 Å². The van der Waals surface area contributed by atoms with Gasteiger partial charge in [-0.3, -0.25) is 4.79 Å². The van der Waals surface area contributed by atoms with Gasteiger partial charge in [0.15, 0.2) is 6.61 Å². The van der Waals surface area contributed by atoms with Crippen LogP contribution in [0.1, 0.15) is 25.7 Å². The van der Waals surface area contributed by atoms with Crippen molar-refractivity contribution in [1.29, 1.82) is 0 Å². The van der Waals surface area contributed by atoms with Gasteiger partial charge in [0.1, 0.15) is 5.60 Å². The Bertz CT molecular complexity index is 496. The first-order valence-electron chi connectivity index (χ1n) is 6.48. The molecule has 2 N–H and O–H groups in total. The van der Waals surface area contributed by atoms with E-state index in [4.69, 9.17) is 0 Å². The zero-order chi connectivity index (χ0) is 15.5. The molecular formula is C13H15F3N2O3. The van der Waals surface area contributed by atoms with E-state index < -0.39 is 24.3 Å². The van der Waals surface area contributed by atoms with Crippen molar-refractivity contribution in [2.75, 3.05) is 11.9 Å². The summed E-state index contributed by atoms with van der Waals surface area (Å²) >= 11 is 0. The third kappa shape index (κ3) is 4.32. The van der Waals surface area contributed by atoms with E-state index in [2.05, 4.69) is 15.0 Å². The molecule has 0 aromatic carbocycles. The van der Waals surface area contributed by atoms with E-state index in [1.807, 2.05) is 0 Å². The van der Waals surface area contributed by atoms with Gasteiger partial charge in [-0.05, 0) is 31.7 Å². The van der Waals surface area contributed by atoms with Crippen molar-refractivity contribution in [1.82, 2.24) is 4.98 Å². The fraction of sp³-hybridized carbons (Fsp3) is 0.538. The molecule has 116 valence electrons. The van der Waals surface area contributed by atoms with Gasteiger partial charge in [-0.15, -0.1) is 0 Å². The van der Waals surface area contributed by atoms with Gasteiger partial charge in [-0.1, -0.05) is 0 Å². The van der Waals surface area contributed by atoms with Crippen LogP contribution in [0.3, 0.4) is 0 Å². The lowest BCUT2D eigenvalue weighted by Gasteiger charge is -2.20. The monoisotopic (exact) mass is 304 g/mol. The number of amides is 1. The molecular weight excluding hydrogens is 289 g/mol. The summed E-state index contributed by atoms with van der Waals surface area (Å²) in [6.07, 6.45) is -0.876. The van der Waals surface area contributed by atoms with Gasteiger partial charge in [-0.25, -0.2) is 4.98 Å². The summed E-state index contributed by atoms with van der Waals surface area (Å²) in [5.41, 5.74) is -1.08. The zero-order valence-corrected chi connectivity index (χ0v) is 11.1. The van der Waals surface area contributed by atoms with Crippen LogP contribution in [0.2, 0.25) is 0 Å². The fourth-order valence-electron chi connectivity index (χ4n) is 2.13. The summed E-state index contributed by atoms with van der Waals surface area (Å²) in [5.74, 6) is -0.712. The average Bonchev–Trinajstić information content (AvgIpc) is 2.85. The lowest BCUT2D eigenvalue weighted by Crippen LogP contribution is -2.40. The third-order valence-corrected chi connectivity index (χ3v) is 3.23. The lowest BCUT2D eigenvalue weighted by atomic mass is 10.0. The van der Waals surface area contributed by atoms with E-state index in [0.717, 1.165) is 12.8 Å². The molecule has 1 amide bonds. The summed E-state index contributed by atoms with van der Waals surface area (Å²) in [6.45, 7) is -1.43. The normalized spacial score (nSPS) is 17.5. The number of hydrogen-bond acceptors (Lipinski definition) is 4. The first-order valence-corrected chi connectivity index (χ1v) is 6.48. The Morgan fingerprint density at radius 1 is 1.38 bits per heavy atom. The van der Waals surface area contributed by atoms with Crippen LogP contribution in [0.15, 0.2) is 18.3 Å². The number of aliphatic hydroxyl groups is 1. The predicted octanol–water partition coefficient (Wildman–Crippen LogP) is 2.27. The fourth-order valence-corrected chi connectivity index (χ4v) is 2.13. The molecule has 0 spiro atoms. The van der Waals surface area contributed by atoms with E-state index in [1.54, 1.807) is 0 Å². The molecule has 0 bridgehead atoms. The molecule has 2 rings (SSSR count). The molecule has 1 aromatic heterocycles. The van der Waals surface area contributed by atoms with Crippen LogP contribution in [-0.4, -0.2) is 34.4 Å². The standard InChI is InChI=1S/C13H15F3N2O3/c14-13(15,16)8-21-10-4-3-9(7-17-10)18-11(19)12(20)5-1-2-6-12/h3-4,7,20H,1-2,5-6,8H2,(H,18,19). The quantitative estimate of drug-likeness (QED) is 0.895. The third-order valence-electron chi connectivity index (χ3n) is 3.23. The highest BCUT2D eigenvalue weighted by molar-refractivity contribution is 5.97. The summed E-state index contributed by atoms with van der Waals surface area (Å²) < 4.78 is 40.4. The maximum Gasteiger partial charge on any atom is 0.422 e. The molecule has 1 aromatic rings. The van der Waals surface area contributed by atoms with Crippen molar-refractivity contribution >= 4 is 11.6 Å². The Hall–Kier alpha value is -1.83. The Balaban J connectivity index is 1.92. The second-order valence-electron chi connectivity index (χ2n) is 4.98. The summed E-state index contributed by atoms with van der Waals surface area (Å²) in [5, 5.41) is 12.6. The maximum absolute atomic E-state index is 12.0. The number of alkyl halides is 3. The molecule has 1 heterocycles. The molecule has 0 aliphatic heterocycles. The number of ether oxygens (including phenoxy) is 1. The maximum atomic E-state index is 12.0. The number of nitrogens with zero attached hydrogens (tertiary/aromatic N) is 1. The minimum atomic E-state index is -4.43. The lowest BCUT2D eigenvalue weighted by molar-refractivity contribution is -0.154. The molecule has 1 saturated carbocycles. The number of aromatic nitrogens is 1. The minimum Gasteiger partial charge on any atom is -0.468 e. The van der Waals surface area contributed by atoms with Gasteiger partial charge in [0.05, 0.1) is 11.9 Å². The van der Waals surface area contributed by atoms with Crippen LogP contribution in [0.5, 0.6) is 5.88 Å². The SMILES string of the molecule is O=C(Nc1ccc(OCC(F)(F)F)nc1)C1(O)CCCC1. The highest BCUT2D eigenvalue weighted by Crippen LogP contribution is 2.30. The summed E-state index contributed by atoms with van der Waals surface area (Å²) in [7, 11) is 0. The van der Waals surface area contributed by atoms with Gasteiger partial charge < -0.3 is 15.2 Å². The Labute approximate surface area is 119 Å². The molecule has 1 aliphatic carbocycles. The Morgan fingerprint density at radius 2 is 2.05 bits per heavy atom. The number of carbonyl (C=O) groups is 1. The van der Waals surface area contributed by atoms with Crippen molar-refractivity contribution in [3.63, 3.8) is 0 Å². The van der Waals surface area contributed by atoms with Crippen LogP contribution in [0.4, 0.5) is 18.9 Å². The predicted molar refractivity (Wildman–Crippen MR) is 67.8 cm³/mol. The van der Waals surface area contributed by atoms with E-state index >= 15 is 0 Å². The van der Waals surface area contributed by atoms with Crippen LogP contribution < -0.4 is 10.1 Å². The zero-order valence-electron chi connectivity index (χ0n) is 11.1. The van der Waals surface area contributed by atoms with Gasteiger partial charge in [0, 0.05) is 6.07 Å². The van der Waals surface area contributed by atoms with Gasteiger partial charge in [0.25, 0.3) is 5.91 Å². The van der Waals surface area contributed by atoms with Gasteiger partial charge in [0.2, 0.25) is 5.88 Å². The van der Waals surface area contributed by atoms with E-state index in [9.17, 15) is 23.1 Å². The molecule has 1 fully saturated rings. The largest absolute Gasteiger partial charge is 0.468 e. The number of nitrogens with one attached hydrogen (secondary N) is 1. The molecule has 1 aliphatic rings. The molecule has 0 atom stereocenters. The highest BCUT2D eigenvalue weighted by atomic mass is 19.4. The smallest absolute Gasteiger partial charge is 0.422 e. The van der Waals surface area contributed by atoms with Crippen LogP contribution >= 0.6 is 0 Å². The first-order chi connectivity index (χ1) is 9.78. The second kappa shape index (κ2) is 5.88. The van der Waals surface area contributed by atoms with Crippen LogP contribution in [0, 0.1) is 0 Å². The number of hydrogen-bond donors (Lipinski definition) is 2. The van der Waals surface area contributed by atoms with E-state index in [0.29, 0.717) is 18.5 Å².